The highest BCUT2D eigenvalue weighted by Crippen LogP contribution is 2.24. The Hall–Kier alpha value is -2.52. The summed E-state index contributed by atoms with van der Waals surface area (Å²) in [5.41, 5.74) is 0.267. The normalized spacial score (nSPS) is 19.5. The third-order valence-electron chi connectivity index (χ3n) is 3.76. The zero-order valence-electron chi connectivity index (χ0n) is 15.7. The number of esters is 1. The summed E-state index contributed by atoms with van der Waals surface area (Å²) >= 11 is 0. The summed E-state index contributed by atoms with van der Waals surface area (Å²) < 4.78 is 15.9. The van der Waals surface area contributed by atoms with Crippen molar-refractivity contribution < 1.29 is 23.8 Å². The Morgan fingerprint density at radius 2 is 1.92 bits per heavy atom. The molecule has 1 aromatic carbocycles. The minimum absolute atomic E-state index is 0.218. The van der Waals surface area contributed by atoms with Gasteiger partial charge in [-0.3, -0.25) is 4.90 Å². The largest absolute Gasteiger partial charge is 0.467 e. The monoisotopic (exact) mass is 359 g/mol. The highest BCUT2D eigenvalue weighted by Gasteiger charge is 2.42. The molecule has 0 saturated carbocycles. The third-order valence-corrected chi connectivity index (χ3v) is 3.76. The number of benzene rings is 1. The maximum Gasteiger partial charge on any atom is 0.411 e. The van der Waals surface area contributed by atoms with Gasteiger partial charge in [-0.15, -0.1) is 0 Å². The quantitative estimate of drug-likeness (QED) is 0.613. The fraction of sp³-hybridized carbons (Fsp3) is 0.500. The molecule has 1 fully saturated rings. The van der Waals surface area contributed by atoms with E-state index in [-0.39, 0.29) is 19.3 Å². The SMILES string of the molecule is COC(=O)[C@@H]1C[C@H](OCC#Cc2ccccc2)CN1C(=O)OC(C)(C)C. The molecule has 1 saturated heterocycles. The molecular formula is C20H25NO5. The summed E-state index contributed by atoms with van der Waals surface area (Å²) in [4.78, 5) is 25.7. The molecule has 140 valence electrons. The smallest absolute Gasteiger partial charge is 0.411 e. The van der Waals surface area contributed by atoms with Crippen molar-refractivity contribution >= 4 is 12.1 Å². The summed E-state index contributed by atoms with van der Waals surface area (Å²) in [6.45, 7) is 5.82. The molecule has 0 aliphatic carbocycles. The summed E-state index contributed by atoms with van der Waals surface area (Å²) in [7, 11) is 1.30. The van der Waals surface area contributed by atoms with Crippen LogP contribution in [0.3, 0.4) is 0 Å². The van der Waals surface area contributed by atoms with E-state index in [1.807, 2.05) is 30.3 Å². The van der Waals surface area contributed by atoms with Gasteiger partial charge in [0.25, 0.3) is 0 Å². The molecule has 1 aromatic rings. The first kappa shape index (κ1) is 19.8. The lowest BCUT2D eigenvalue weighted by atomic mass is 10.2. The van der Waals surface area contributed by atoms with Crippen molar-refractivity contribution in [2.24, 2.45) is 0 Å². The van der Waals surface area contributed by atoms with Gasteiger partial charge in [0.15, 0.2) is 0 Å². The average molecular weight is 359 g/mol. The number of methoxy groups -OCH3 is 1. The number of hydrogen-bond acceptors (Lipinski definition) is 5. The lowest BCUT2D eigenvalue weighted by Crippen LogP contribution is -2.44. The molecule has 6 heteroatoms. The molecule has 0 spiro atoms. The van der Waals surface area contributed by atoms with Gasteiger partial charge in [-0.05, 0) is 32.9 Å². The number of amides is 1. The number of ether oxygens (including phenoxy) is 3. The average Bonchev–Trinajstić information content (AvgIpc) is 3.02. The number of rotatable bonds is 3. The van der Waals surface area contributed by atoms with E-state index in [9.17, 15) is 9.59 Å². The predicted octanol–water partition coefficient (Wildman–Crippen LogP) is 2.61. The molecule has 26 heavy (non-hydrogen) atoms. The van der Waals surface area contributed by atoms with Gasteiger partial charge in [0.2, 0.25) is 0 Å². The van der Waals surface area contributed by atoms with Crippen LogP contribution >= 0.6 is 0 Å². The highest BCUT2D eigenvalue weighted by atomic mass is 16.6. The number of likely N-dealkylation sites (tertiary alicyclic amines) is 1. The molecule has 0 N–H and O–H groups in total. The van der Waals surface area contributed by atoms with Crippen LogP contribution in [0.15, 0.2) is 30.3 Å². The Morgan fingerprint density at radius 3 is 2.54 bits per heavy atom. The van der Waals surface area contributed by atoms with Gasteiger partial charge in [-0.2, -0.15) is 0 Å². The lowest BCUT2D eigenvalue weighted by Gasteiger charge is -2.27. The van der Waals surface area contributed by atoms with Crippen LogP contribution in [0.25, 0.3) is 0 Å². The van der Waals surface area contributed by atoms with E-state index in [2.05, 4.69) is 11.8 Å². The van der Waals surface area contributed by atoms with E-state index in [0.29, 0.717) is 6.42 Å². The van der Waals surface area contributed by atoms with Crippen molar-refractivity contribution in [3.8, 4) is 11.8 Å². The Kier molecular flexibility index (Phi) is 6.64. The molecule has 1 heterocycles. The number of carbonyl (C=O) groups excluding carboxylic acids is 2. The maximum atomic E-state index is 12.4. The maximum absolute atomic E-state index is 12.4. The van der Waals surface area contributed by atoms with Gasteiger partial charge in [0, 0.05) is 12.0 Å². The van der Waals surface area contributed by atoms with E-state index in [0.717, 1.165) is 5.56 Å². The van der Waals surface area contributed by atoms with Crippen LogP contribution in [0, 0.1) is 11.8 Å². The van der Waals surface area contributed by atoms with Crippen LogP contribution in [0.1, 0.15) is 32.8 Å². The van der Waals surface area contributed by atoms with E-state index in [4.69, 9.17) is 14.2 Å². The van der Waals surface area contributed by atoms with Crippen LogP contribution in [0.5, 0.6) is 0 Å². The van der Waals surface area contributed by atoms with Crippen LogP contribution in [-0.4, -0.2) is 55.0 Å². The van der Waals surface area contributed by atoms with Crippen molar-refractivity contribution in [3.05, 3.63) is 35.9 Å². The van der Waals surface area contributed by atoms with Crippen molar-refractivity contribution in [3.63, 3.8) is 0 Å². The number of hydrogen-bond donors (Lipinski definition) is 0. The molecule has 1 aliphatic heterocycles. The molecule has 2 atom stereocenters. The number of carbonyl (C=O) groups is 2. The second-order valence-corrected chi connectivity index (χ2v) is 7.01. The van der Waals surface area contributed by atoms with Crippen molar-refractivity contribution in [2.75, 3.05) is 20.3 Å². The third kappa shape index (κ3) is 5.78. The Morgan fingerprint density at radius 1 is 1.23 bits per heavy atom. The molecule has 6 nitrogen and oxygen atoms in total. The van der Waals surface area contributed by atoms with Crippen molar-refractivity contribution in [1.29, 1.82) is 0 Å². The Labute approximate surface area is 154 Å². The van der Waals surface area contributed by atoms with E-state index >= 15 is 0 Å². The molecular weight excluding hydrogens is 334 g/mol. The van der Waals surface area contributed by atoms with Gasteiger partial charge in [-0.1, -0.05) is 30.0 Å². The van der Waals surface area contributed by atoms with Gasteiger partial charge in [-0.25, -0.2) is 9.59 Å². The molecule has 0 bridgehead atoms. The van der Waals surface area contributed by atoms with Gasteiger partial charge >= 0.3 is 12.1 Å². The second-order valence-electron chi connectivity index (χ2n) is 7.01. The van der Waals surface area contributed by atoms with Gasteiger partial charge in [0.1, 0.15) is 18.2 Å². The fourth-order valence-corrected chi connectivity index (χ4v) is 2.62. The van der Waals surface area contributed by atoms with E-state index in [1.165, 1.54) is 12.0 Å². The first-order valence-electron chi connectivity index (χ1n) is 8.53. The zero-order valence-corrected chi connectivity index (χ0v) is 15.7. The zero-order chi connectivity index (χ0) is 19.2. The van der Waals surface area contributed by atoms with E-state index < -0.39 is 23.7 Å². The summed E-state index contributed by atoms with van der Waals surface area (Å²) in [5.74, 6) is 5.48. The van der Waals surface area contributed by atoms with Crippen LogP contribution in [0.4, 0.5) is 4.79 Å². The Balaban J connectivity index is 1.95. The second kappa shape index (κ2) is 8.72. The van der Waals surface area contributed by atoms with Gasteiger partial charge in [0.05, 0.1) is 19.8 Å². The minimum atomic E-state index is -0.707. The molecule has 2 rings (SSSR count). The van der Waals surface area contributed by atoms with Crippen LogP contribution in [0.2, 0.25) is 0 Å². The summed E-state index contributed by atoms with van der Waals surface area (Å²) in [6.07, 6.45) is -0.482. The summed E-state index contributed by atoms with van der Waals surface area (Å²) in [6, 6.07) is 8.89. The minimum Gasteiger partial charge on any atom is -0.467 e. The molecule has 0 radical (unpaired) electrons. The first-order chi connectivity index (χ1) is 12.3. The van der Waals surface area contributed by atoms with E-state index in [1.54, 1.807) is 20.8 Å². The lowest BCUT2D eigenvalue weighted by molar-refractivity contribution is -0.145. The van der Waals surface area contributed by atoms with Gasteiger partial charge < -0.3 is 14.2 Å². The topological polar surface area (TPSA) is 65.1 Å². The highest BCUT2D eigenvalue weighted by molar-refractivity contribution is 5.82. The molecule has 1 amide bonds. The predicted molar refractivity (Wildman–Crippen MR) is 96.4 cm³/mol. The van der Waals surface area contributed by atoms with Crippen LogP contribution in [-0.2, 0) is 19.0 Å². The Bertz CT molecular complexity index is 684. The van der Waals surface area contributed by atoms with Crippen molar-refractivity contribution in [1.82, 2.24) is 4.90 Å². The molecule has 1 aliphatic rings. The molecule has 0 aromatic heterocycles. The van der Waals surface area contributed by atoms with Crippen LogP contribution < -0.4 is 0 Å². The first-order valence-corrected chi connectivity index (χ1v) is 8.53. The fourth-order valence-electron chi connectivity index (χ4n) is 2.62. The standard InChI is InChI=1S/C20H25NO5/c1-20(2,3)26-19(23)21-14-16(13-17(21)18(22)24-4)25-12-8-11-15-9-6-5-7-10-15/h5-7,9-10,16-17H,12-14H2,1-4H3/t16-,17-/m0/s1. The molecule has 0 unspecified atom stereocenters. The number of nitrogens with zero attached hydrogens (tertiary/aromatic N) is 1. The van der Waals surface area contributed by atoms with Crippen molar-refractivity contribution in [2.45, 2.75) is 44.9 Å². The summed E-state index contributed by atoms with van der Waals surface area (Å²) in [5, 5.41) is 0.